The molecule has 0 spiro atoms. The number of allylic oxidation sites excluding steroid dienone is 3. The number of rotatable bonds is 7. The van der Waals surface area contributed by atoms with Crippen molar-refractivity contribution in [2.45, 2.75) is 130 Å². The molecule has 0 heteroatoms. The van der Waals surface area contributed by atoms with Crippen molar-refractivity contribution >= 4 is 0 Å². The lowest BCUT2D eigenvalue weighted by Gasteiger charge is -2.28. The van der Waals surface area contributed by atoms with Gasteiger partial charge in [0.15, 0.2) is 0 Å². The first-order valence-corrected chi connectivity index (χ1v) is 14.4. The Hall–Kier alpha value is -1.56. The van der Waals surface area contributed by atoms with Crippen LogP contribution < -0.4 is 0 Å². The van der Waals surface area contributed by atoms with Crippen LogP contribution in [0.25, 0.3) is 0 Å². The molecule has 0 heterocycles. The van der Waals surface area contributed by atoms with Crippen molar-refractivity contribution in [3.05, 3.63) is 72.4 Å². The predicted molar refractivity (Wildman–Crippen MR) is 173 cm³/mol. The van der Waals surface area contributed by atoms with Crippen molar-refractivity contribution in [3.8, 4) is 0 Å². The summed E-state index contributed by atoms with van der Waals surface area (Å²) < 4.78 is 0. The van der Waals surface area contributed by atoms with Gasteiger partial charge in [0, 0.05) is 0 Å². The highest BCUT2D eigenvalue weighted by atomic mass is 14.3. The van der Waals surface area contributed by atoms with Crippen LogP contribution in [0, 0.1) is 35.5 Å². The summed E-state index contributed by atoms with van der Waals surface area (Å²) in [5, 5.41) is 0. The van der Waals surface area contributed by atoms with Crippen LogP contribution in [-0.4, -0.2) is 0 Å². The zero-order valence-electron chi connectivity index (χ0n) is 27.9. The van der Waals surface area contributed by atoms with E-state index in [1.165, 1.54) is 35.1 Å². The molecule has 36 heavy (non-hydrogen) atoms. The quantitative estimate of drug-likeness (QED) is 0.326. The van der Waals surface area contributed by atoms with Crippen LogP contribution in [0.4, 0.5) is 0 Å². The molecule has 0 saturated carbocycles. The molecule has 0 aromatic heterocycles. The van der Waals surface area contributed by atoms with Crippen LogP contribution in [0.5, 0.6) is 0 Å². The molecule has 2 atom stereocenters. The van der Waals surface area contributed by atoms with Gasteiger partial charge in [0.25, 0.3) is 0 Å². The molecule has 0 aliphatic rings. The lowest BCUT2D eigenvalue weighted by atomic mass is 9.78. The van der Waals surface area contributed by atoms with Crippen molar-refractivity contribution in [2.75, 3.05) is 0 Å². The summed E-state index contributed by atoms with van der Waals surface area (Å²) in [4.78, 5) is 0. The van der Waals surface area contributed by atoms with E-state index in [9.17, 15) is 0 Å². The van der Waals surface area contributed by atoms with Gasteiger partial charge in [-0.1, -0.05) is 144 Å². The van der Waals surface area contributed by atoms with Gasteiger partial charge >= 0.3 is 0 Å². The standard InChI is InChI=1S/C18H26.C12H26.2C2H6.C2H4/c1-13(2)17(6)16(5)11-15(4)12-18-9-7-14(3)8-10-18;1-10(8-11(2,3)4)9-12(5,6)7;3*1-2/h7-11,15,17H,1,12H2,2-6H3;10H,8-9H2,1-7H3;2*1-2H3;1-2H2/b16-11+;;;;. The highest BCUT2D eigenvalue weighted by Crippen LogP contribution is 2.32. The second kappa shape index (κ2) is 22.6. The number of hydrogen-bond donors (Lipinski definition) is 0. The Morgan fingerprint density at radius 1 is 0.778 bits per heavy atom. The summed E-state index contributed by atoms with van der Waals surface area (Å²) in [5.41, 5.74) is 6.40. The first-order chi connectivity index (χ1) is 16.5. The van der Waals surface area contributed by atoms with Crippen LogP contribution in [0.1, 0.15) is 128 Å². The molecule has 212 valence electrons. The Kier molecular flexibility index (Phi) is 26.1. The third-order valence-corrected chi connectivity index (χ3v) is 5.57. The molecule has 1 aromatic rings. The summed E-state index contributed by atoms with van der Waals surface area (Å²) in [5.74, 6) is 1.92. The topological polar surface area (TPSA) is 0 Å². The Labute approximate surface area is 230 Å². The van der Waals surface area contributed by atoms with Crippen molar-refractivity contribution in [1.29, 1.82) is 0 Å². The molecule has 0 N–H and O–H groups in total. The zero-order chi connectivity index (χ0) is 29.7. The molecule has 0 radical (unpaired) electrons. The minimum absolute atomic E-state index is 0.491. The second-order valence-corrected chi connectivity index (χ2v) is 12.3. The first-order valence-electron chi connectivity index (χ1n) is 14.4. The lowest BCUT2D eigenvalue weighted by Crippen LogP contribution is -2.16. The van der Waals surface area contributed by atoms with E-state index in [-0.39, 0.29) is 0 Å². The van der Waals surface area contributed by atoms with E-state index in [1.807, 2.05) is 27.7 Å². The third kappa shape index (κ3) is 27.0. The fraction of sp³-hybridized carbons (Fsp3) is 0.667. The van der Waals surface area contributed by atoms with Crippen molar-refractivity contribution < 1.29 is 0 Å². The third-order valence-electron chi connectivity index (χ3n) is 5.57. The van der Waals surface area contributed by atoms with E-state index in [1.54, 1.807) is 0 Å². The van der Waals surface area contributed by atoms with Crippen LogP contribution in [-0.2, 0) is 6.42 Å². The average Bonchev–Trinajstić information content (AvgIpc) is 2.76. The van der Waals surface area contributed by atoms with Gasteiger partial charge in [-0.25, -0.2) is 0 Å². The van der Waals surface area contributed by atoms with Gasteiger partial charge in [-0.3, -0.25) is 0 Å². The molecule has 0 aliphatic heterocycles. The van der Waals surface area contributed by atoms with E-state index in [0.717, 1.165) is 12.3 Å². The van der Waals surface area contributed by atoms with Gasteiger partial charge in [0.2, 0.25) is 0 Å². The van der Waals surface area contributed by atoms with Gasteiger partial charge in [0.05, 0.1) is 0 Å². The minimum Gasteiger partial charge on any atom is -0.106 e. The smallest absolute Gasteiger partial charge is 0.00296 e. The monoisotopic (exact) mass is 501 g/mol. The highest BCUT2D eigenvalue weighted by Gasteiger charge is 2.20. The molecule has 1 rings (SSSR count). The maximum Gasteiger partial charge on any atom is -0.00296 e. The Morgan fingerprint density at radius 2 is 1.14 bits per heavy atom. The molecule has 0 amide bonds. The molecule has 2 unspecified atom stereocenters. The second-order valence-electron chi connectivity index (χ2n) is 12.3. The summed E-state index contributed by atoms with van der Waals surface area (Å²) in [6.45, 7) is 45.3. The largest absolute Gasteiger partial charge is 0.106 e. The normalized spacial score (nSPS) is 12.8. The summed E-state index contributed by atoms with van der Waals surface area (Å²) >= 11 is 0. The lowest BCUT2D eigenvalue weighted by molar-refractivity contribution is 0.233. The van der Waals surface area contributed by atoms with Gasteiger partial charge in [-0.2, -0.15) is 0 Å². The van der Waals surface area contributed by atoms with E-state index in [2.05, 4.69) is 133 Å². The Bertz CT molecular complexity index is 641. The van der Waals surface area contributed by atoms with Crippen LogP contribution in [0.3, 0.4) is 0 Å². The van der Waals surface area contributed by atoms with Crippen LogP contribution in [0.15, 0.2) is 61.2 Å². The maximum atomic E-state index is 4.04. The molecule has 1 aromatic carbocycles. The minimum atomic E-state index is 0.491. The van der Waals surface area contributed by atoms with E-state index in [0.29, 0.717) is 22.7 Å². The van der Waals surface area contributed by atoms with Gasteiger partial charge in [-0.05, 0) is 74.2 Å². The summed E-state index contributed by atoms with van der Waals surface area (Å²) in [6.07, 6.45) is 6.17. The molecule has 0 aliphatic carbocycles. The Balaban J connectivity index is -0.000000247. The molecule has 0 bridgehead atoms. The number of benzene rings is 1. The summed E-state index contributed by atoms with van der Waals surface area (Å²) in [7, 11) is 0. The van der Waals surface area contributed by atoms with Gasteiger partial charge < -0.3 is 0 Å². The average molecular weight is 501 g/mol. The van der Waals surface area contributed by atoms with Crippen molar-refractivity contribution in [1.82, 2.24) is 0 Å². The Morgan fingerprint density at radius 3 is 1.44 bits per heavy atom. The van der Waals surface area contributed by atoms with E-state index in [4.69, 9.17) is 0 Å². The van der Waals surface area contributed by atoms with E-state index < -0.39 is 0 Å². The zero-order valence-corrected chi connectivity index (χ0v) is 27.9. The molecular formula is C36H68. The number of aryl methyl sites for hydroxylation is 1. The SMILES string of the molecule is C=C.C=C(C)C(C)/C(C)=C/C(C)Cc1ccc(C)cc1.CC.CC.CC(CC(C)(C)C)CC(C)(C)C. The highest BCUT2D eigenvalue weighted by molar-refractivity contribution is 5.23. The van der Waals surface area contributed by atoms with Crippen LogP contribution in [0.2, 0.25) is 0 Å². The summed E-state index contributed by atoms with van der Waals surface area (Å²) in [6, 6.07) is 8.85. The van der Waals surface area contributed by atoms with E-state index >= 15 is 0 Å². The van der Waals surface area contributed by atoms with Gasteiger partial charge in [0.1, 0.15) is 0 Å². The van der Waals surface area contributed by atoms with Crippen molar-refractivity contribution in [2.24, 2.45) is 28.6 Å². The molecule has 0 nitrogen and oxygen atoms in total. The van der Waals surface area contributed by atoms with Crippen LogP contribution >= 0.6 is 0 Å². The van der Waals surface area contributed by atoms with Gasteiger partial charge in [-0.15, -0.1) is 13.2 Å². The molecule has 0 saturated heterocycles. The molecular weight excluding hydrogens is 432 g/mol. The fourth-order valence-electron chi connectivity index (χ4n) is 4.30. The molecule has 0 fully saturated rings. The maximum absolute atomic E-state index is 4.04. The van der Waals surface area contributed by atoms with Crippen molar-refractivity contribution in [3.63, 3.8) is 0 Å². The predicted octanol–water partition coefficient (Wildman–Crippen LogP) is 12.7. The first kappa shape index (κ1) is 41.6. The fourth-order valence-corrected chi connectivity index (χ4v) is 4.30. The number of hydrogen-bond acceptors (Lipinski definition) is 0.